The van der Waals surface area contributed by atoms with E-state index >= 15 is 0 Å². The van der Waals surface area contributed by atoms with E-state index in [0.717, 1.165) is 0 Å². The Balaban J connectivity index is 2.48. The number of aliphatic hydroxyl groups is 1. The van der Waals surface area contributed by atoms with Crippen LogP contribution in [0.3, 0.4) is 0 Å². The first kappa shape index (κ1) is 16.6. The minimum Gasteiger partial charge on any atom is -0.465 e. The van der Waals surface area contributed by atoms with E-state index in [1.807, 2.05) is 0 Å². The standard InChI is InChI=1S/C13H24N2O5/c1-13(2,3)20-12(19)14-9-4-5-10(15-11(17)18)8(6-9)7-16/h8-10,15-16H,4-7H2,1-3H3,(H,14,19)(H,17,18). The molecule has 0 bridgehead atoms. The van der Waals surface area contributed by atoms with Crippen molar-refractivity contribution in [1.29, 1.82) is 0 Å². The molecule has 7 heteroatoms. The fourth-order valence-electron chi connectivity index (χ4n) is 2.42. The van der Waals surface area contributed by atoms with Crippen molar-refractivity contribution in [3.8, 4) is 0 Å². The van der Waals surface area contributed by atoms with Gasteiger partial charge in [0.1, 0.15) is 5.60 Å². The summed E-state index contributed by atoms with van der Waals surface area (Å²) in [5.41, 5.74) is -0.553. The summed E-state index contributed by atoms with van der Waals surface area (Å²) in [6.45, 7) is 5.25. The normalized spacial score (nSPS) is 26.7. The molecule has 1 aliphatic carbocycles. The Bertz CT molecular complexity index is 353. The molecule has 2 amide bonds. The van der Waals surface area contributed by atoms with Gasteiger partial charge in [-0.25, -0.2) is 9.59 Å². The molecule has 1 aliphatic rings. The van der Waals surface area contributed by atoms with Gasteiger partial charge in [-0.15, -0.1) is 0 Å². The van der Waals surface area contributed by atoms with E-state index in [0.29, 0.717) is 19.3 Å². The Morgan fingerprint density at radius 2 is 1.90 bits per heavy atom. The Morgan fingerprint density at radius 3 is 2.40 bits per heavy atom. The molecular weight excluding hydrogens is 264 g/mol. The molecule has 116 valence electrons. The minimum atomic E-state index is -1.09. The third-order valence-electron chi connectivity index (χ3n) is 3.25. The van der Waals surface area contributed by atoms with Crippen molar-refractivity contribution in [3.05, 3.63) is 0 Å². The van der Waals surface area contributed by atoms with Gasteiger partial charge in [-0.1, -0.05) is 0 Å². The summed E-state index contributed by atoms with van der Waals surface area (Å²) >= 11 is 0. The highest BCUT2D eigenvalue weighted by Crippen LogP contribution is 2.25. The lowest BCUT2D eigenvalue weighted by molar-refractivity contribution is 0.0460. The van der Waals surface area contributed by atoms with E-state index < -0.39 is 17.8 Å². The number of hydrogen-bond acceptors (Lipinski definition) is 4. The molecular formula is C13H24N2O5. The lowest BCUT2D eigenvalue weighted by Gasteiger charge is -2.35. The van der Waals surface area contributed by atoms with Crippen LogP contribution in [0.15, 0.2) is 0 Å². The first-order chi connectivity index (χ1) is 9.21. The van der Waals surface area contributed by atoms with Crippen LogP contribution in [-0.2, 0) is 4.74 Å². The number of carbonyl (C=O) groups excluding carboxylic acids is 1. The van der Waals surface area contributed by atoms with E-state index in [2.05, 4.69) is 10.6 Å². The van der Waals surface area contributed by atoms with Gasteiger partial charge in [0.05, 0.1) is 0 Å². The van der Waals surface area contributed by atoms with Crippen molar-refractivity contribution in [2.75, 3.05) is 6.61 Å². The number of nitrogens with one attached hydrogen (secondary N) is 2. The molecule has 4 N–H and O–H groups in total. The summed E-state index contributed by atoms with van der Waals surface area (Å²) < 4.78 is 5.18. The molecule has 0 aliphatic heterocycles. The van der Waals surface area contributed by atoms with Crippen molar-refractivity contribution in [3.63, 3.8) is 0 Å². The van der Waals surface area contributed by atoms with Crippen LogP contribution in [0.25, 0.3) is 0 Å². The van der Waals surface area contributed by atoms with E-state index in [9.17, 15) is 14.7 Å². The molecule has 0 radical (unpaired) electrons. The monoisotopic (exact) mass is 288 g/mol. The van der Waals surface area contributed by atoms with E-state index in [1.54, 1.807) is 20.8 Å². The summed E-state index contributed by atoms with van der Waals surface area (Å²) in [4.78, 5) is 22.3. The average Bonchev–Trinajstić information content (AvgIpc) is 2.27. The van der Waals surface area contributed by atoms with Crippen LogP contribution < -0.4 is 10.6 Å². The van der Waals surface area contributed by atoms with Gasteiger partial charge < -0.3 is 25.6 Å². The van der Waals surface area contributed by atoms with Gasteiger partial charge in [-0.05, 0) is 40.0 Å². The zero-order chi connectivity index (χ0) is 15.3. The zero-order valence-corrected chi connectivity index (χ0v) is 12.2. The Morgan fingerprint density at radius 1 is 1.25 bits per heavy atom. The van der Waals surface area contributed by atoms with Crippen molar-refractivity contribution < 1.29 is 24.5 Å². The molecule has 1 rings (SSSR count). The molecule has 20 heavy (non-hydrogen) atoms. The SMILES string of the molecule is CC(C)(C)OC(=O)NC1CCC(NC(=O)O)C(CO)C1. The Labute approximate surface area is 118 Å². The van der Waals surface area contributed by atoms with Gasteiger partial charge in [0.2, 0.25) is 0 Å². The Kier molecular flexibility index (Phi) is 5.62. The van der Waals surface area contributed by atoms with Gasteiger partial charge in [-0.3, -0.25) is 0 Å². The number of carboxylic acid groups (broad SMARTS) is 1. The third-order valence-corrected chi connectivity index (χ3v) is 3.25. The quantitative estimate of drug-likeness (QED) is 0.626. The molecule has 3 unspecified atom stereocenters. The predicted molar refractivity (Wildman–Crippen MR) is 72.5 cm³/mol. The van der Waals surface area contributed by atoms with Crippen LogP contribution >= 0.6 is 0 Å². The second kappa shape index (κ2) is 6.78. The van der Waals surface area contributed by atoms with Crippen LogP contribution in [0.4, 0.5) is 9.59 Å². The van der Waals surface area contributed by atoms with Gasteiger partial charge >= 0.3 is 12.2 Å². The van der Waals surface area contributed by atoms with Gasteiger partial charge in [0.25, 0.3) is 0 Å². The molecule has 3 atom stereocenters. The smallest absolute Gasteiger partial charge is 0.407 e. The zero-order valence-electron chi connectivity index (χ0n) is 12.2. The fourth-order valence-corrected chi connectivity index (χ4v) is 2.42. The number of carbonyl (C=O) groups is 2. The lowest BCUT2D eigenvalue weighted by atomic mass is 9.82. The second-order valence-electron chi connectivity index (χ2n) is 6.15. The number of hydrogen-bond donors (Lipinski definition) is 4. The maximum Gasteiger partial charge on any atom is 0.407 e. The highest BCUT2D eigenvalue weighted by Gasteiger charge is 2.32. The molecule has 0 spiro atoms. The highest BCUT2D eigenvalue weighted by atomic mass is 16.6. The Hall–Kier alpha value is -1.50. The minimum absolute atomic E-state index is 0.103. The van der Waals surface area contributed by atoms with Crippen molar-refractivity contribution in [1.82, 2.24) is 10.6 Å². The van der Waals surface area contributed by atoms with Gasteiger partial charge in [0.15, 0.2) is 0 Å². The first-order valence-corrected chi connectivity index (χ1v) is 6.81. The van der Waals surface area contributed by atoms with Crippen LogP contribution in [-0.4, -0.2) is 46.7 Å². The molecule has 1 fully saturated rings. The highest BCUT2D eigenvalue weighted by molar-refractivity contribution is 5.68. The number of aliphatic hydroxyl groups excluding tert-OH is 1. The first-order valence-electron chi connectivity index (χ1n) is 6.81. The van der Waals surface area contributed by atoms with Gasteiger partial charge in [0, 0.05) is 24.6 Å². The largest absolute Gasteiger partial charge is 0.465 e. The molecule has 7 nitrogen and oxygen atoms in total. The molecule has 0 aromatic carbocycles. The number of amides is 2. The molecule has 0 aromatic heterocycles. The van der Waals surface area contributed by atoms with Crippen LogP contribution in [0.1, 0.15) is 40.0 Å². The van der Waals surface area contributed by atoms with Crippen molar-refractivity contribution >= 4 is 12.2 Å². The predicted octanol–water partition coefficient (Wildman–Crippen LogP) is 1.31. The number of rotatable bonds is 3. The average molecular weight is 288 g/mol. The van der Waals surface area contributed by atoms with Crippen molar-refractivity contribution in [2.24, 2.45) is 5.92 Å². The summed E-state index contributed by atoms with van der Waals surface area (Å²) in [5.74, 6) is -0.195. The van der Waals surface area contributed by atoms with E-state index in [4.69, 9.17) is 9.84 Å². The third kappa shape index (κ3) is 5.64. The summed E-state index contributed by atoms with van der Waals surface area (Å²) in [7, 11) is 0. The lowest BCUT2D eigenvalue weighted by Crippen LogP contribution is -2.50. The fraction of sp³-hybridized carbons (Fsp3) is 0.846. The molecule has 0 saturated heterocycles. The van der Waals surface area contributed by atoms with Gasteiger partial charge in [-0.2, -0.15) is 0 Å². The summed E-state index contributed by atoms with van der Waals surface area (Å²) in [5, 5.41) is 23.2. The summed E-state index contributed by atoms with van der Waals surface area (Å²) in [6.07, 6.45) is 0.190. The molecule has 1 saturated carbocycles. The maximum absolute atomic E-state index is 11.7. The second-order valence-corrected chi connectivity index (χ2v) is 6.15. The number of ether oxygens (including phenoxy) is 1. The number of alkyl carbamates (subject to hydrolysis) is 1. The van der Waals surface area contributed by atoms with E-state index in [1.165, 1.54) is 0 Å². The van der Waals surface area contributed by atoms with Crippen LogP contribution in [0.5, 0.6) is 0 Å². The summed E-state index contributed by atoms with van der Waals surface area (Å²) in [6, 6.07) is -0.372. The van der Waals surface area contributed by atoms with Crippen LogP contribution in [0.2, 0.25) is 0 Å². The van der Waals surface area contributed by atoms with Crippen LogP contribution in [0, 0.1) is 5.92 Å². The molecule has 0 heterocycles. The van der Waals surface area contributed by atoms with Crippen molar-refractivity contribution in [2.45, 2.75) is 57.7 Å². The molecule has 0 aromatic rings. The maximum atomic E-state index is 11.7. The topological polar surface area (TPSA) is 108 Å². The van der Waals surface area contributed by atoms with E-state index in [-0.39, 0.29) is 24.6 Å².